The van der Waals surface area contributed by atoms with E-state index in [1.54, 1.807) is 7.05 Å². The maximum Gasteiger partial charge on any atom is 0.408 e. The molecule has 0 spiro atoms. The largest absolute Gasteiger partial charge is 0.429 e. The number of anilines is 1. The minimum Gasteiger partial charge on any atom is -0.429 e. The number of alkyl carbamates (subject to hydrolysis) is 1. The summed E-state index contributed by atoms with van der Waals surface area (Å²) in [6.45, 7) is 2.38. The van der Waals surface area contributed by atoms with Crippen molar-refractivity contribution < 1.29 is 9.53 Å². The molecule has 1 aliphatic rings. The lowest BCUT2D eigenvalue weighted by atomic mass is 10.2. The number of hydrogen-bond acceptors (Lipinski definition) is 4. The maximum absolute atomic E-state index is 11.1. The first kappa shape index (κ1) is 11.7. The van der Waals surface area contributed by atoms with Crippen molar-refractivity contribution in [2.75, 3.05) is 31.6 Å². The zero-order valence-corrected chi connectivity index (χ0v) is 9.85. The fourth-order valence-corrected chi connectivity index (χ4v) is 1.86. The van der Waals surface area contributed by atoms with Crippen molar-refractivity contribution in [3.8, 4) is 0 Å². The van der Waals surface area contributed by atoms with E-state index in [9.17, 15) is 4.79 Å². The molecule has 0 aromatic heterocycles. The van der Waals surface area contributed by atoms with E-state index in [-0.39, 0.29) is 6.23 Å². The van der Waals surface area contributed by atoms with E-state index in [1.165, 1.54) is 0 Å². The van der Waals surface area contributed by atoms with Gasteiger partial charge in [-0.2, -0.15) is 0 Å². The second kappa shape index (κ2) is 5.54. The number of carbonyl (C=O) groups is 1. The Morgan fingerprint density at radius 3 is 2.94 bits per heavy atom. The number of rotatable bonds is 2. The molecule has 1 aromatic rings. The van der Waals surface area contributed by atoms with Gasteiger partial charge in [0.05, 0.1) is 6.54 Å². The molecule has 0 radical (unpaired) electrons. The summed E-state index contributed by atoms with van der Waals surface area (Å²) in [4.78, 5) is 13.3. The molecule has 1 amide bonds. The third kappa shape index (κ3) is 3.10. The predicted octanol–water partition coefficient (Wildman–Crippen LogP) is 0.778. The van der Waals surface area contributed by atoms with Crippen LogP contribution in [0.4, 0.5) is 10.5 Å². The molecule has 1 heterocycles. The molecule has 17 heavy (non-hydrogen) atoms. The van der Waals surface area contributed by atoms with Gasteiger partial charge in [0.25, 0.3) is 0 Å². The molecule has 1 saturated heterocycles. The van der Waals surface area contributed by atoms with Gasteiger partial charge < -0.3 is 15.0 Å². The number of piperazine rings is 1. The maximum atomic E-state index is 11.1. The van der Waals surface area contributed by atoms with Crippen LogP contribution in [-0.2, 0) is 4.74 Å². The minimum absolute atomic E-state index is 0.260. The average molecular weight is 235 g/mol. The Morgan fingerprint density at radius 2 is 2.24 bits per heavy atom. The topological polar surface area (TPSA) is 53.6 Å². The Bertz CT molecular complexity index is 369. The van der Waals surface area contributed by atoms with Crippen LogP contribution in [0.3, 0.4) is 0 Å². The van der Waals surface area contributed by atoms with Crippen LogP contribution in [0.15, 0.2) is 30.3 Å². The lowest BCUT2D eigenvalue weighted by Gasteiger charge is -2.34. The molecule has 5 nitrogen and oxygen atoms in total. The van der Waals surface area contributed by atoms with Crippen molar-refractivity contribution in [1.82, 2.24) is 10.6 Å². The summed E-state index contributed by atoms with van der Waals surface area (Å²) in [5, 5.41) is 5.61. The predicted molar refractivity (Wildman–Crippen MR) is 66.0 cm³/mol. The number of nitrogens with zero attached hydrogens (tertiary/aromatic N) is 1. The Labute approximate surface area is 101 Å². The summed E-state index contributed by atoms with van der Waals surface area (Å²) in [6, 6.07) is 10.1. The van der Waals surface area contributed by atoms with Crippen molar-refractivity contribution in [2.45, 2.75) is 6.23 Å². The minimum atomic E-state index is -0.405. The van der Waals surface area contributed by atoms with E-state index in [0.717, 1.165) is 18.8 Å². The summed E-state index contributed by atoms with van der Waals surface area (Å²) in [5.74, 6) is 0. The molecule has 0 bridgehead atoms. The lowest BCUT2D eigenvalue weighted by Crippen LogP contribution is -2.53. The van der Waals surface area contributed by atoms with Crippen LogP contribution in [0.1, 0.15) is 0 Å². The van der Waals surface area contributed by atoms with Crippen LogP contribution in [-0.4, -0.2) is 39.0 Å². The van der Waals surface area contributed by atoms with Gasteiger partial charge in [0.2, 0.25) is 0 Å². The highest BCUT2D eigenvalue weighted by atomic mass is 16.6. The number of amides is 1. The van der Waals surface area contributed by atoms with Gasteiger partial charge in [0.1, 0.15) is 0 Å². The fraction of sp³-hybridized carbons (Fsp3) is 0.417. The molecular weight excluding hydrogens is 218 g/mol. The molecule has 0 saturated carbocycles. The fourth-order valence-electron chi connectivity index (χ4n) is 1.86. The van der Waals surface area contributed by atoms with E-state index >= 15 is 0 Å². The third-order valence-electron chi connectivity index (χ3n) is 2.71. The van der Waals surface area contributed by atoms with Crippen molar-refractivity contribution in [1.29, 1.82) is 0 Å². The zero-order chi connectivity index (χ0) is 12.1. The van der Waals surface area contributed by atoms with Crippen LogP contribution in [0, 0.1) is 0 Å². The van der Waals surface area contributed by atoms with Gasteiger partial charge in [-0.3, -0.25) is 5.32 Å². The zero-order valence-electron chi connectivity index (χ0n) is 9.85. The normalized spacial score (nSPS) is 19.8. The van der Waals surface area contributed by atoms with Crippen LogP contribution in [0.5, 0.6) is 0 Å². The molecule has 0 unspecified atom stereocenters. The molecule has 1 atom stereocenters. The van der Waals surface area contributed by atoms with E-state index in [0.29, 0.717) is 6.54 Å². The van der Waals surface area contributed by atoms with Gasteiger partial charge in [-0.25, -0.2) is 4.79 Å². The van der Waals surface area contributed by atoms with Crippen molar-refractivity contribution in [2.24, 2.45) is 0 Å². The number of carbonyl (C=O) groups excluding carboxylic acids is 1. The van der Waals surface area contributed by atoms with Gasteiger partial charge in [0.15, 0.2) is 6.23 Å². The monoisotopic (exact) mass is 235 g/mol. The molecule has 1 aliphatic heterocycles. The summed E-state index contributed by atoms with van der Waals surface area (Å²) in [6.07, 6.45) is -0.665. The SMILES string of the molecule is CNC(=O)O[C@H]1CN(c2ccccc2)CCN1. The summed E-state index contributed by atoms with van der Waals surface area (Å²) < 4.78 is 5.19. The Kier molecular flexibility index (Phi) is 3.82. The van der Waals surface area contributed by atoms with Gasteiger partial charge >= 0.3 is 6.09 Å². The number of hydrogen-bond donors (Lipinski definition) is 2. The highest BCUT2D eigenvalue weighted by molar-refractivity contribution is 5.67. The molecule has 2 N–H and O–H groups in total. The number of nitrogens with one attached hydrogen (secondary N) is 2. The van der Waals surface area contributed by atoms with Crippen LogP contribution >= 0.6 is 0 Å². The molecule has 2 rings (SSSR count). The standard InChI is InChI=1S/C12H17N3O2/c1-13-12(16)17-11-9-15(8-7-14-11)10-5-3-2-4-6-10/h2-6,11,14H,7-9H2,1H3,(H,13,16)/t11-/m0/s1. The summed E-state index contributed by atoms with van der Waals surface area (Å²) in [5.41, 5.74) is 1.15. The Balaban J connectivity index is 1.95. The Hall–Kier alpha value is -1.75. The van der Waals surface area contributed by atoms with E-state index in [4.69, 9.17) is 4.74 Å². The first-order valence-corrected chi connectivity index (χ1v) is 5.71. The molecule has 1 fully saturated rings. The number of para-hydroxylation sites is 1. The molecule has 0 aliphatic carbocycles. The lowest BCUT2D eigenvalue weighted by molar-refractivity contribution is 0.0768. The van der Waals surface area contributed by atoms with E-state index in [2.05, 4.69) is 27.7 Å². The smallest absolute Gasteiger partial charge is 0.408 e. The average Bonchev–Trinajstić information content (AvgIpc) is 2.40. The molecule has 5 heteroatoms. The second-order valence-corrected chi connectivity index (χ2v) is 3.88. The third-order valence-corrected chi connectivity index (χ3v) is 2.71. The number of ether oxygens (including phenoxy) is 1. The highest BCUT2D eigenvalue weighted by Crippen LogP contribution is 2.15. The molecular formula is C12H17N3O2. The summed E-state index contributed by atoms with van der Waals surface area (Å²) >= 11 is 0. The quantitative estimate of drug-likeness (QED) is 0.795. The van der Waals surface area contributed by atoms with Crippen LogP contribution in [0.25, 0.3) is 0 Å². The van der Waals surface area contributed by atoms with Crippen molar-refractivity contribution in [3.05, 3.63) is 30.3 Å². The van der Waals surface area contributed by atoms with Crippen LogP contribution < -0.4 is 15.5 Å². The van der Waals surface area contributed by atoms with E-state index < -0.39 is 6.09 Å². The highest BCUT2D eigenvalue weighted by Gasteiger charge is 2.21. The number of benzene rings is 1. The van der Waals surface area contributed by atoms with Gasteiger partial charge in [-0.15, -0.1) is 0 Å². The van der Waals surface area contributed by atoms with Gasteiger partial charge in [-0.05, 0) is 12.1 Å². The van der Waals surface area contributed by atoms with Crippen molar-refractivity contribution in [3.63, 3.8) is 0 Å². The van der Waals surface area contributed by atoms with E-state index in [1.807, 2.05) is 18.2 Å². The first-order valence-electron chi connectivity index (χ1n) is 5.71. The summed E-state index contributed by atoms with van der Waals surface area (Å²) in [7, 11) is 1.56. The van der Waals surface area contributed by atoms with Gasteiger partial charge in [-0.1, -0.05) is 18.2 Å². The Morgan fingerprint density at radius 1 is 1.47 bits per heavy atom. The van der Waals surface area contributed by atoms with Crippen LogP contribution in [0.2, 0.25) is 0 Å². The second-order valence-electron chi connectivity index (χ2n) is 3.88. The molecule has 1 aromatic carbocycles. The van der Waals surface area contributed by atoms with Gasteiger partial charge in [0, 0.05) is 25.8 Å². The van der Waals surface area contributed by atoms with Crippen molar-refractivity contribution >= 4 is 11.8 Å². The first-order chi connectivity index (χ1) is 8.29. The molecule has 92 valence electrons.